The highest BCUT2D eigenvalue weighted by molar-refractivity contribution is 4.79. The summed E-state index contributed by atoms with van der Waals surface area (Å²) in [7, 11) is 1.45. The number of alkyl halides is 3. The lowest BCUT2D eigenvalue weighted by Crippen LogP contribution is -2.48. The Morgan fingerprint density at radius 3 is 2.27 bits per heavy atom. The molecule has 0 amide bonds. The zero-order chi connectivity index (χ0) is 9.07. The number of hydrogen-bond acceptors (Lipinski definition) is 2. The second kappa shape index (κ2) is 3.92. The van der Waals surface area contributed by atoms with Crippen LogP contribution in [0.1, 0.15) is 6.92 Å². The molecule has 0 fully saturated rings. The monoisotopic (exact) mass is 170 g/mol. The van der Waals surface area contributed by atoms with Gasteiger partial charge in [-0.2, -0.15) is 0 Å². The summed E-state index contributed by atoms with van der Waals surface area (Å²) >= 11 is 0. The van der Waals surface area contributed by atoms with Gasteiger partial charge in [-0.15, -0.1) is 0 Å². The molecule has 0 spiro atoms. The molecule has 5 heteroatoms. The van der Waals surface area contributed by atoms with Crippen molar-refractivity contribution in [1.29, 1.82) is 0 Å². The Bertz CT molecular complexity index is 118. The SMILES string of the molecule is CNC(N)C(C)C(F)(F)CF. The van der Waals surface area contributed by atoms with Crippen molar-refractivity contribution in [3.8, 4) is 0 Å². The fourth-order valence-electron chi connectivity index (χ4n) is 0.634. The molecular formula is C6H13F3N2. The smallest absolute Gasteiger partial charge is 0.281 e. The topological polar surface area (TPSA) is 38.0 Å². The number of nitrogens with two attached hydrogens (primary N) is 1. The van der Waals surface area contributed by atoms with Crippen LogP contribution in [0.4, 0.5) is 13.2 Å². The molecular weight excluding hydrogens is 157 g/mol. The number of halogens is 3. The molecule has 0 aliphatic rings. The molecule has 0 aliphatic heterocycles. The lowest BCUT2D eigenvalue weighted by atomic mass is 10.0. The molecule has 0 aromatic rings. The van der Waals surface area contributed by atoms with Gasteiger partial charge in [-0.25, -0.2) is 13.2 Å². The van der Waals surface area contributed by atoms with Crippen molar-refractivity contribution in [2.24, 2.45) is 11.7 Å². The predicted molar refractivity (Wildman–Crippen MR) is 37.1 cm³/mol. The van der Waals surface area contributed by atoms with Gasteiger partial charge in [0.2, 0.25) is 0 Å². The molecule has 0 aromatic heterocycles. The van der Waals surface area contributed by atoms with E-state index in [-0.39, 0.29) is 0 Å². The van der Waals surface area contributed by atoms with E-state index < -0.39 is 24.7 Å². The van der Waals surface area contributed by atoms with Crippen molar-refractivity contribution >= 4 is 0 Å². The summed E-state index contributed by atoms with van der Waals surface area (Å²) in [5, 5.41) is 2.44. The number of rotatable bonds is 4. The third-order valence-electron chi connectivity index (χ3n) is 1.72. The minimum Gasteiger partial charge on any atom is -0.315 e. The van der Waals surface area contributed by atoms with Crippen LogP contribution in [-0.4, -0.2) is 25.8 Å². The first kappa shape index (κ1) is 10.7. The molecule has 0 heterocycles. The first-order valence-corrected chi connectivity index (χ1v) is 3.32. The van der Waals surface area contributed by atoms with E-state index in [9.17, 15) is 13.2 Å². The van der Waals surface area contributed by atoms with Gasteiger partial charge in [0.05, 0.1) is 12.1 Å². The largest absolute Gasteiger partial charge is 0.315 e. The van der Waals surface area contributed by atoms with Crippen LogP contribution >= 0.6 is 0 Å². The van der Waals surface area contributed by atoms with E-state index in [2.05, 4.69) is 5.32 Å². The lowest BCUT2D eigenvalue weighted by Gasteiger charge is -2.25. The molecule has 2 atom stereocenters. The van der Waals surface area contributed by atoms with Gasteiger partial charge in [0.15, 0.2) is 6.67 Å². The Morgan fingerprint density at radius 2 is 2.00 bits per heavy atom. The van der Waals surface area contributed by atoms with Gasteiger partial charge in [-0.05, 0) is 7.05 Å². The summed E-state index contributed by atoms with van der Waals surface area (Å²) in [6.07, 6.45) is -0.874. The van der Waals surface area contributed by atoms with Crippen molar-refractivity contribution in [3.05, 3.63) is 0 Å². The molecule has 0 bridgehead atoms. The maximum absolute atomic E-state index is 12.5. The van der Waals surface area contributed by atoms with Gasteiger partial charge in [0.1, 0.15) is 0 Å². The molecule has 0 saturated heterocycles. The Balaban J connectivity index is 4.10. The van der Waals surface area contributed by atoms with Crippen molar-refractivity contribution in [3.63, 3.8) is 0 Å². The molecule has 68 valence electrons. The lowest BCUT2D eigenvalue weighted by molar-refractivity contribution is -0.0800. The average Bonchev–Trinajstić information content (AvgIpc) is 2.01. The Labute approximate surface area is 64.0 Å². The van der Waals surface area contributed by atoms with E-state index in [0.717, 1.165) is 0 Å². The summed E-state index contributed by atoms with van der Waals surface area (Å²) < 4.78 is 36.7. The molecule has 11 heavy (non-hydrogen) atoms. The zero-order valence-electron chi connectivity index (χ0n) is 6.57. The molecule has 3 N–H and O–H groups in total. The molecule has 0 aliphatic carbocycles. The van der Waals surface area contributed by atoms with Crippen molar-refractivity contribution < 1.29 is 13.2 Å². The number of nitrogens with one attached hydrogen (secondary N) is 1. The van der Waals surface area contributed by atoms with E-state index in [1.54, 1.807) is 0 Å². The quantitative estimate of drug-likeness (QED) is 0.610. The second-order valence-electron chi connectivity index (χ2n) is 2.50. The van der Waals surface area contributed by atoms with Crippen molar-refractivity contribution in [1.82, 2.24) is 5.32 Å². The second-order valence-corrected chi connectivity index (χ2v) is 2.50. The number of hydrogen-bond donors (Lipinski definition) is 2. The van der Waals surface area contributed by atoms with E-state index in [1.807, 2.05) is 0 Å². The highest BCUT2D eigenvalue weighted by Gasteiger charge is 2.39. The summed E-state index contributed by atoms with van der Waals surface area (Å²) in [6.45, 7) is -0.454. The summed E-state index contributed by atoms with van der Waals surface area (Å²) in [4.78, 5) is 0. The third-order valence-corrected chi connectivity index (χ3v) is 1.72. The summed E-state index contributed by atoms with van der Waals surface area (Å²) in [5.41, 5.74) is 5.22. The van der Waals surface area contributed by atoms with E-state index in [4.69, 9.17) is 5.73 Å². The van der Waals surface area contributed by atoms with Gasteiger partial charge in [-0.1, -0.05) is 6.92 Å². The Hall–Kier alpha value is -0.290. The van der Waals surface area contributed by atoms with Gasteiger partial charge in [0, 0.05) is 0 Å². The molecule has 2 nitrogen and oxygen atoms in total. The first-order chi connectivity index (χ1) is 4.95. The van der Waals surface area contributed by atoms with Crippen molar-refractivity contribution in [2.75, 3.05) is 13.7 Å². The van der Waals surface area contributed by atoms with Crippen LogP contribution in [0.2, 0.25) is 0 Å². The van der Waals surface area contributed by atoms with Crippen LogP contribution in [0, 0.1) is 5.92 Å². The molecule has 0 radical (unpaired) electrons. The predicted octanol–water partition coefficient (Wildman–Crippen LogP) is 0.731. The van der Waals surface area contributed by atoms with Crippen LogP contribution in [-0.2, 0) is 0 Å². The molecule has 2 unspecified atom stereocenters. The molecule has 0 rings (SSSR count). The molecule has 0 aromatic carbocycles. The average molecular weight is 170 g/mol. The van der Waals surface area contributed by atoms with Gasteiger partial charge in [0.25, 0.3) is 5.92 Å². The van der Waals surface area contributed by atoms with Crippen LogP contribution in [0.5, 0.6) is 0 Å². The minimum absolute atomic E-state index is 0.874. The van der Waals surface area contributed by atoms with Crippen LogP contribution in [0.25, 0.3) is 0 Å². The summed E-state index contributed by atoms with van der Waals surface area (Å²) in [6, 6.07) is 0. The molecule has 0 saturated carbocycles. The Morgan fingerprint density at radius 1 is 1.55 bits per heavy atom. The Kier molecular flexibility index (Phi) is 3.82. The van der Waals surface area contributed by atoms with Gasteiger partial charge in [-0.3, -0.25) is 0 Å². The standard InChI is InChI=1S/C6H13F3N2/c1-4(5(10)11-2)6(8,9)3-7/h4-5,11H,3,10H2,1-2H3. The van der Waals surface area contributed by atoms with Crippen LogP contribution in [0.3, 0.4) is 0 Å². The van der Waals surface area contributed by atoms with Crippen LogP contribution < -0.4 is 11.1 Å². The highest BCUT2D eigenvalue weighted by Crippen LogP contribution is 2.25. The van der Waals surface area contributed by atoms with Gasteiger partial charge < -0.3 is 11.1 Å². The minimum atomic E-state index is -3.33. The fourth-order valence-corrected chi connectivity index (χ4v) is 0.634. The van der Waals surface area contributed by atoms with Crippen LogP contribution in [0.15, 0.2) is 0 Å². The first-order valence-electron chi connectivity index (χ1n) is 3.32. The third kappa shape index (κ3) is 2.67. The normalized spacial score (nSPS) is 18.0. The highest BCUT2D eigenvalue weighted by atomic mass is 19.3. The zero-order valence-corrected chi connectivity index (χ0v) is 6.57. The van der Waals surface area contributed by atoms with E-state index in [0.29, 0.717) is 0 Å². The summed E-state index contributed by atoms with van der Waals surface area (Å²) in [5.74, 6) is -4.53. The van der Waals surface area contributed by atoms with E-state index in [1.165, 1.54) is 14.0 Å². The van der Waals surface area contributed by atoms with Gasteiger partial charge >= 0.3 is 0 Å². The van der Waals surface area contributed by atoms with Crippen molar-refractivity contribution in [2.45, 2.75) is 19.0 Å². The fraction of sp³-hybridized carbons (Fsp3) is 1.00. The maximum atomic E-state index is 12.5. The maximum Gasteiger partial charge on any atom is 0.281 e. The van der Waals surface area contributed by atoms with E-state index >= 15 is 0 Å².